The van der Waals surface area contributed by atoms with E-state index in [1.807, 2.05) is 91.0 Å². The first kappa shape index (κ1) is 29.2. The molecule has 7 heteroatoms. The maximum absolute atomic E-state index is 13.9. The molecule has 7 nitrogen and oxygen atoms in total. The Morgan fingerprint density at radius 1 is 0.786 bits per heavy atom. The fourth-order valence-corrected chi connectivity index (χ4v) is 5.84. The number of nitrogens with one attached hydrogen (secondary N) is 2. The van der Waals surface area contributed by atoms with Crippen LogP contribution in [0.25, 0.3) is 0 Å². The van der Waals surface area contributed by atoms with Crippen LogP contribution < -0.4 is 10.8 Å². The number of non-ortho nitro benzene ring substituents is 1. The number of hydrogen-bond donors (Lipinski definition) is 2. The second-order valence-corrected chi connectivity index (χ2v) is 10.9. The Kier molecular flexibility index (Phi) is 9.74. The molecule has 4 aromatic rings. The van der Waals surface area contributed by atoms with Crippen LogP contribution in [-0.4, -0.2) is 23.4 Å². The minimum atomic E-state index is -1.10. The lowest BCUT2D eigenvalue weighted by atomic mass is 9.80. The van der Waals surface area contributed by atoms with E-state index in [4.69, 9.17) is 4.84 Å². The molecule has 0 spiro atoms. The van der Waals surface area contributed by atoms with E-state index in [2.05, 4.69) is 10.8 Å². The van der Waals surface area contributed by atoms with Crippen molar-refractivity contribution in [3.63, 3.8) is 0 Å². The lowest BCUT2D eigenvalue weighted by Crippen LogP contribution is -2.50. The molecule has 1 saturated carbocycles. The largest absolute Gasteiger partial charge is 0.305 e. The van der Waals surface area contributed by atoms with Crippen LogP contribution >= 0.6 is 0 Å². The van der Waals surface area contributed by atoms with Gasteiger partial charge < -0.3 is 5.32 Å². The molecule has 42 heavy (non-hydrogen) atoms. The molecule has 0 heterocycles. The second-order valence-electron chi connectivity index (χ2n) is 10.9. The molecule has 216 valence electrons. The molecule has 1 atom stereocenters. The Bertz CT molecular complexity index is 1330. The summed E-state index contributed by atoms with van der Waals surface area (Å²) in [6.07, 6.45) is 6.35. The number of benzene rings is 4. The van der Waals surface area contributed by atoms with Gasteiger partial charge in [0.05, 0.1) is 11.0 Å². The van der Waals surface area contributed by atoms with Crippen molar-refractivity contribution in [2.24, 2.45) is 5.92 Å². The van der Waals surface area contributed by atoms with Gasteiger partial charge in [-0.05, 0) is 54.0 Å². The van der Waals surface area contributed by atoms with Crippen molar-refractivity contribution in [2.75, 3.05) is 6.54 Å². The number of amides is 1. The van der Waals surface area contributed by atoms with Gasteiger partial charge in [0.15, 0.2) is 5.60 Å². The van der Waals surface area contributed by atoms with Gasteiger partial charge in [-0.1, -0.05) is 122 Å². The second kappa shape index (κ2) is 14.0. The number of hydrogen-bond acceptors (Lipinski definition) is 5. The monoisotopic (exact) mass is 563 g/mol. The van der Waals surface area contributed by atoms with Crippen LogP contribution in [0.3, 0.4) is 0 Å². The minimum absolute atomic E-state index is 0.0246. The van der Waals surface area contributed by atoms with Gasteiger partial charge in [0, 0.05) is 12.1 Å². The van der Waals surface area contributed by atoms with Crippen molar-refractivity contribution in [3.05, 3.63) is 148 Å². The average molecular weight is 564 g/mol. The predicted octanol–water partition coefficient (Wildman–Crippen LogP) is 6.72. The van der Waals surface area contributed by atoms with Crippen LogP contribution in [0.4, 0.5) is 5.69 Å². The smallest absolute Gasteiger partial charge is 0.269 e. The first-order chi connectivity index (χ1) is 20.6. The molecular weight excluding hydrogens is 526 g/mol. The van der Waals surface area contributed by atoms with Gasteiger partial charge in [-0.15, -0.1) is 0 Å². The summed E-state index contributed by atoms with van der Waals surface area (Å²) < 4.78 is 0. The van der Waals surface area contributed by atoms with Crippen molar-refractivity contribution in [2.45, 2.75) is 50.2 Å². The Hall–Kier alpha value is -4.33. The topological polar surface area (TPSA) is 93.5 Å². The zero-order valence-corrected chi connectivity index (χ0v) is 23.7. The molecule has 4 aromatic carbocycles. The van der Waals surface area contributed by atoms with E-state index in [-0.39, 0.29) is 11.6 Å². The standard InChI is InChI=1S/C35H37N3O4/c39-34(33(36-26-28-13-5-1-6-14-28)25-27-21-23-32(24-22-27)38(40)41)37-42-35(29-15-7-2-8-16-29,30-17-9-3-10-18-30)31-19-11-4-12-20-31/h2-4,7-12,15-24,28,33,36H,1,5-6,13-14,25-26H2,(H,37,39). The maximum atomic E-state index is 13.9. The lowest BCUT2D eigenvalue weighted by Gasteiger charge is -2.35. The molecule has 0 saturated heterocycles. The quantitative estimate of drug-likeness (QED) is 0.113. The van der Waals surface area contributed by atoms with Crippen molar-refractivity contribution in [1.29, 1.82) is 0 Å². The van der Waals surface area contributed by atoms with Gasteiger partial charge in [-0.25, -0.2) is 5.48 Å². The molecule has 5 rings (SSSR count). The fourth-order valence-electron chi connectivity index (χ4n) is 5.84. The molecule has 1 unspecified atom stereocenters. The summed E-state index contributed by atoms with van der Waals surface area (Å²) in [7, 11) is 0. The van der Waals surface area contributed by atoms with E-state index in [0.29, 0.717) is 12.3 Å². The highest BCUT2D eigenvalue weighted by atomic mass is 16.7. The highest BCUT2D eigenvalue weighted by Gasteiger charge is 2.39. The number of hydroxylamine groups is 1. The zero-order chi connectivity index (χ0) is 29.2. The van der Waals surface area contributed by atoms with E-state index in [1.54, 1.807) is 12.1 Å². The SMILES string of the molecule is O=C(NOC(c1ccccc1)(c1ccccc1)c1ccccc1)C(Cc1ccc([N+](=O)[O-])cc1)NCC1CCCCC1. The number of nitro groups is 1. The van der Waals surface area contributed by atoms with Gasteiger partial charge in [-0.2, -0.15) is 0 Å². The van der Waals surface area contributed by atoms with Crippen molar-refractivity contribution in [1.82, 2.24) is 10.8 Å². The van der Waals surface area contributed by atoms with Crippen LogP contribution in [0, 0.1) is 16.0 Å². The first-order valence-electron chi connectivity index (χ1n) is 14.7. The first-order valence-corrected chi connectivity index (χ1v) is 14.7. The number of nitrogens with zero attached hydrogens (tertiary/aromatic N) is 1. The fraction of sp³-hybridized carbons (Fsp3) is 0.286. The predicted molar refractivity (Wildman–Crippen MR) is 164 cm³/mol. The van der Waals surface area contributed by atoms with E-state index in [9.17, 15) is 14.9 Å². The molecule has 1 amide bonds. The Labute approximate surface area is 247 Å². The highest BCUT2D eigenvalue weighted by molar-refractivity contribution is 5.81. The normalized spacial score (nSPS) is 14.7. The van der Waals surface area contributed by atoms with Crippen LogP contribution in [0.5, 0.6) is 0 Å². The van der Waals surface area contributed by atoms with Crippen LogP contribution in [0.15, 0.2) is 115 Å². The van der Waals surface area contributed by atoms with E-state index in [1.165, 1.54) is 31.4 Å². The molecule has 2 N–H and O–H groups in total. The van der Waals surface area contributed by atoms with Crippen molar-refractivity contribution in [3.8, 4) is 0 Å². The van der Waals surface area contributed by atoms with Crippen molar-refractivity contribution < 1.29 is 14.6 Å². The maximum Gasteiger partial charge on any atom is 0.269 e. The summed E-state index contributed by atoms with van der Waals surface area (Å²) in [4.78, 5) is 31.3. The van der Waals surface area contributed by atoms with Gasteiger partial charge >= 0.3 is 0 Å². The summed E-state index contributed by atoms with van der Waals surface area (Å²) in [6.45, 7) is 0.728. The van der Waals surface area contributed by atoms with Crippen molar-refractivity contribution >= 4 is 11.6 Å². The zero-order valence-electron chi connectivity index (χ0n) is 23.7. The van der Waals surface area contributed by atoms with Gasteiger partial charge in [-0.3, -0.25) is 19.7 Å². The van der Waals surface area contributed by atoms with Crippen LogP contribution in [-0.2, 0) is 21.7 Å². The van der Waals surface area contributed by atoms with E-state index >= 15 is 0 Å². The molecule has 0 aliphatic heterocycles. The number of nitro benzene ring substituents is 1. The van der Waals surface area contributed by atoms with Gasteiger partial charge in [0.25, 0.3) is 11.6 Å². The molecular formula is C35H37N3O4. The third kappa shape index (κ3) is 6.93. The molecule has 0 bridgehead atoms. The summed E-state index contributed by atoms with van der Waals surface area (Å²) >= 11 is 0. The van der Waals surface area contributed by atoms with E-state index < -0.39 is 16.6 Å². The summed E-state index contributed by atoms with van der Waals surface area (Å²) in [6, 6.07) is 35.4. The number of rotatable bonds is 12. The molecule has 1 aliphatic carbocycles. The molecule has 0 radical (unpaired) electrons. The number of carbonyl (C=O) groups is 1. The van der Waals surface area contributed by atoms with Crippen LogP contribution in [0.1, 0.15) is 54.4 Å². The highest BCUT2D eigenvalue weighted by Crippen LogP contribution is 2.39. The molecule has 1 aliphatic rings. The molecule has 0 aromatic heterocycles. The summed E-state index contributed by atoms with van der Waals surface area (Å²) in [5.74, 6) is 0.222. The van der Waals surface area contributed by atoms with Gasteiger partial charge in [0.2, 0.25) is 0 Å². The molecule has 1 fully saturated rings. The Morgan fingerprint density at radius 2 is 1.29 bits per heavy atom. The van der Waals surface area contributed by atoms with E-state index in [0.717, 1.165) is 41.6 Å². The minimum Gasteiger partial charge on any atom is -0.305 e. The lowest BCUT2D eigenvalue weighted by molar-refractivity contribution is -0.384. The van der Waals surface area contributed by atoms with Crippen LogP contribution in [0.2, 0.25) is 0 Å². The average Bonchev–Trinajstić information content (AvgIpc) is 3.05. The van der Waals surface area contributed by atoms with Gasteiger partial charge in [0.1, 0.15) is 0 Å². The number of carbonyl (C=O) groups excluding carboxylic acids is 1. The third-order valence-electron chi connectivity index (χ3n) is 8.13. The third-order valence-corrected chi connectivity index (χ3v) is 8.13. The summed E-state index contributed by atoms with van der Waals surface area (Å²) in [5.41, 5.74) is 5.24. The summed E-state index contributed by atoms with van der Waals surface area (Å²) in [5, 5.41) is 14.7. The Balaban J connectivity index is 1.44. The Morgan fingerprint density at radius 3 is 1.76 bits per heavy atom.